The Morgan fingerprint density at radius 2 is 1.87 bits per heavy atom. The number of unbranched alkanes of at least 4 members (excludes halogenated alkanes) is 2. The van der Waals surface area contributed by atoms with E-state index in [0.29, 0.717) is 5.92 Å². The van der Waals surface area contributed by atoms with Crippen molar-refractivity contribution in [2.45, 2.75) is 39.0 Å². The van der Waals surface area contributed by atoms with Crippen LogP contribution in [-0.2, 0) is 6.42 Å². The summed E-state index contributed by atoms with van der Waals surface area (Å²) in [5.41, 5.74) is 7.22. The summed E-state index contributed by atoms with van der Waals surface area (Å²) in [7, 11) is 0. The molecule has 0 spiro atoms. The number of benzene rings is 1. The van der Waals surface area contributed by atoms with E-state index in [0.717, 1.165) is 13.0 Å². The molecule has 0 amide bonds. The van der Waals surface area contributed by atoms with Crippen molar-refractivity contribution in [3.05, 3.63) is 35.9 Å². The summed E-state index contributed by atoms with van der Waals surface area (Å²) >= 11 is 0. The second kappa shape index (κ2) is 7.47. The number of nitrogens with two attached hydrogens (primary N) is 1. The first-order valence-corrected chi connectivity index (χ1v) is 6.10. The average Bonchev–Trinajstić information content (AvgIpc) is 2.29. The maximum atomic E-state index is 5.80. The Morgan fingerprint density at radius 1 is 1.13 bits per heavy atom. The van der Waals surface area contributed by atoms with E-state index in [1.54, 1.807) is 0 Å². The molecule has 0 saturated carbocycles. The lowest BCUT2D eigenvalue weighted by atomic mass is 9.94. The van der Waals surface area contributed by atoms with Crippen LogP contribution in [0.25, 0.3) is 0 Å². The third-order valence-electron chi connectivity index (χ3n) is 2.92. The van der Waals surface area contributed by atoms with E-state index < -0.39 is 0 Å². The molecular weight excluding hydrogens is 182 g/mol. The van der Waals surface area contributed by atoms with Gasteiger partial charge in [0, 0.05) is 0 Å². The number of hydrogen-bond acceptors (Lipinski definition) is 1. The van der Waals surface area contributed by atoms with E-state index in [2.05, 4.69) is 37.3 Å². The molecule has 0 aliphatic heterocycles. The SMILES string of the molecule is CCCCCC(CN)Cc1ccccc1. The van der Waals surface area contributed by atoms with Crippen LogP contribution in [-0.4, -0.2) is 6.54 Å². The van der Waals surface area contributed by atoms with Gasteiger partial charge in [-0.2, -0.15) is 0 Å². The molecule has 2 N–H and O–H groups in total. The normalized spacial score (nSPS) is 12.7. The fourth-order valence-electron chi connectivity index (χ4n) is 1.93. The summed E-state index contributed by atoms with van der Waals surface area (Å²) in [6.07, 6.45) is 6.37. The minimum atomic E-state index is 0.666. The van der Waals surface area contributed by atoms with E-state index >= 15 is 0 Å². The fraction of sp³-hybridized carbons (Fsp3) is 0.571. The summed E-state index contributed by atoms with van der Waals surface area (Å²) in [4.78, 5) is 0. The van der Waals surface area contributed by atoms with Crippen LogP contribution in [0.1, 0.15) is 38.2 Å². The molecule has 1 nitrogen and oxygen atoms in total. The Bertz CT molecular complexity index is 243. The first-order chi connectivity index (χ1) is 7.36. The third-order valence-corrected chi connectivity index (χ3v) is 2.92. The van der Waals surface area contributed by atoms with Gasteiger partial charge < -0.3 is 5.73 Å². The van der Waals surface area contributed by atoms with Gasteiger partial charge in [0.25, 0.3) is 0 Å². The molecule has 1 rings (SSSR count). The molecule has 15 heavy (non-hydrogen) atoms. The van der Waals surface area contributed by atoms with Gasteiger partial charge >= 0.3 is 0 Å². The summed E-state index contributed by atoms with van der Waals surface area (Å²) < 4.78 is 0. The van der Waals surface area contributed by atoms with Crippen molar-refractivity contribution < 1.29 is 0 Å². The van der Waals surface area contributed by atoms with Crippen molar-refractivity contribution in [2.24, 2.45) is 11.7 Å². The largest absolute Gasteiger partial charge is 0.330 e. The molecule has 0 aliphatic carbocycles. The lowest BCUT2D eigenvalue weighted by molar-refractivity contribution is 0.465. The van der Waals surface area contributed by atoms with E-state index in [1.807, 2.05) is 0 Å². The number of hydrogen-bond donors (Lipinski definition) is 1. The zero-order valence-electron chi connectivity index (χ0n) is 9.78. The van der Waals surface area contributed by atoms with Gasteiger partial charge in [0.15, 0.2) is 0 Å². The standard InChI is InChI=1S/C14H23N/c1-2-3-5-10-14(12-15)11-13-8-6-4-7-9-13/h4,6-9,14H,2-3,5,10-12,15H2,1H3. The van der Waals surface area contributed by atoms with E-state index in [1.165, 1.54) is 31.2 Å². The fourth-order valence-corrected chi connectivity index (χ4v) is 1.93. The molecule has 0 fully saturated rings. The predicted molar refractivity (Wildman–Crippen MR) is 66.8 cm³/mol. The van der Waals surface area contributed by atoms with Crippen molar-refractivity contribution >= 4 is 0 Å². The van der Waals surface area contributed by atoms with Gasteiger partial charge in [-0.25, -0.2) is 0 Å². The van der Waals surface area contributed by atoms with E-state index in [-0.39, 0.29) is 0 Å². The topological polar surface area (TPSA) is 26.0 Å². The summed E-state index contributed by atoms with van der Waals surface area (Å²) in [6, 6.07) is 10.7. The first-order valence-electron chi connectivity index (χ1n) is 6.10. The van der Waals surface area contributed by atoms with Gasteiger partial charge in [0.05, 0.1) is 0 Å². The monoisotopic (exact) mass is 205 g/mol. The summed E-state index contributed by atoms with van der Waals surface area (Å²) in [6.45, 7) is 3.06. The van der Waals surface area contributed by atoms with Crippen LogP contribution in [0.15, 0.2) is 30.3 Å². The minimum Gasteiger partial charge on any atom is -0.330 e. The van der Waals surface area contributed by atoms with Crippen LogP contribution in [0.2, 0.25) is 0 Å². The molecule has 0 aromatic heterocycles. The Hall–Kier alpha value is -0.820. The van der Waals surface area contributed by atoms with Gasteiger partial charge in [-0.15, -0.1) is 0 Å². The lowest BCUT2D eigenvalue weighted by Crippen LogP contribution is -2.16. The van der Waals surface area contributed by atoms with Gasteiger partial charge in [-0.05, 0) is 30.9 Å². The van der Waals surface area contributed by atoms with Gasteiger partial charge in [0.2, 0.25) is 0 Å². The van der Waals surface area contributed by atoms with Gasteiger partial charge in [-0.1, -0.05) is 56.5 Å². The van der Waals surface area contributed by atoms with Crippen LogP contribution in [0, 0.1) is 5.92 Å². The Balaban J connectivity index is 2.33. The molecule has 0 aliphatic rings. The Labute approximate surface area is 93.7 Å². The van der Waals surface area contributed by atoms with Crippen LogP contribution >= 0.6 is 0 Å². The Kier molecular flexibility index (Phi) is 6.10. The molecule has 0 heterocycles. The molecular formula is C14H23N. The molecule has 1 unspecified atom stereocenters. The maximum absolute atomic E-state index is 5.80. The maximum Gasteiger partial charge on any atom is -0.00457 e. The van der Waals surface area contributed by atoms with Crippen molar-refractivity contribution in [1.82, 2.24) is 0 Å². The third kappa shape index (κ3) is 4.98. The molecule has 0 saturated heterocycles. The van der Waals surface area contributed by atoms with Crippen LogP contribution < -0.4 is 5.73 Å². The first kappa shape index (κ1) is 12.3. The van der Waals surface area contributed by atoms with E-state index in [9.17, 15) is 0 Å². The Morgan fingerprint density at radius 3 is 2.47 bits per heavy atom. The lowest BCUT2D eigenvalue weighted by Gasteiger charge is -2.14. The van der Waals surface area contributed by atoms with Crippen molar-refractivity contribution in [3.8, 4) is 0 Å². The summed E-state index contributed by atoms with van der Waals surface area (Å²) in [5.74, 6) is 0.666. The smallest absolute Gasteiger partial charge is 0.00457 e. The second-order valence-electron chi connectivity index (χ2n) is 4.29. The molecule has 0 bridgehead atoms. The quantitative estimate of drug-likeness (QED) is 0.678. The van der Waals surface area contributed by atoms with Gasteiger partial charge in [0.1, 0.15) is 0 Å². The second-order valence-corrected chi connectivity index (χ2v) is 4.29. The van der Waals surface area contributed by atoms with Crippen LogP contribution in [0.3, 0.4) is 0 Å². The highest BCUT2D eigenvalue weighted by Crippen LogP contribution is 2.14. The van der Waals surface area contributed by atoms with Gasteiger partial charge in [-0.3, -0.25) is 0 Å². The highest BCUT2D eigenvalue weighted by Gasteiger charge is 2.06. The van der Waals surface area contributed by atoms with E-state index in [4.69, 9.17) is 5.73 Å². The highest BCUT2D eigenvalue weighted by atomic mass is 14.5. The molecule has 1 aromatic carbocycles. The zero-order chi connectivity index (χ0) is 10.9. The molecule has 1 atom stereocenters. The molecule has 0 radical (unpaired) electrons. The van der Waals surface area contributed by atoms with Crippen molar-refractivity contribution in [2.75, 3.05) is 6.54 Å². The summed E-state index contributed by atoms with van der Waals surface area (Å²) in [5, 5.41) is 0. The minimum absolute atomic E-state index is 0.666. The molecule has 1 aromatic rings. The molecule has 84 valence electrons. The highest BCUT2D eigenvalue weighted by molar-refractivity contribution is 5.15. The number of rotatable bonds is 7. The zero-order valence-corrected chi connectivity index (χ0v) is 9.78. The average molecular weight is 205 g/mol. The van der Waals surface area contributed by atoms with Crippen LogP contribution in [0.5, 0.6) is 0 Å². The van der Waals surface area contributed by atoms with Crippen LogP contribution in [0.4, 0.5) is 0 Å². The van der Waals surface area contributed by atoms with Crippen molar-refractivity contribution in [1.29, 1.82) is 0 Å². The van der Waals surface area contributed by atoms with Crippen molar-refractivity contribution in [3.63, 3.8) is 0 Å². The predicted octanol–water partition coefficient (Wildman–Crippen LogP) is 3.38. The molecule has 1 heteroatoms.